The van der Waals surface area contributed by atoms with Gasteiger partial charge in [-0.2, -0.15) is 0 Å². The van der Waals surface area contributed by atoms with E-state index in [0.29, 0.717) is 18.3 Å². The summed E-state index contributed by atoms with van der Waals surface area (Å²) in [6.07, 6.45) is 2.39. The van der Waals surface area contributed by atoms with Gasteiger partial charge in [0.15, 0.2) is 0 Å². The molecule has 1 heterocycles. The summed E-state index contributed by atoms with van der Waals surface area (Å²) in [4.78, 5) is 15.8. The highest BCUT2D eigenvalue weighted by Crippen LogP contribution is 2.29. The van der Waals surface area contributed by atoms with E-state index in [9.17, 15) is 4.79 Å². The molecule has 1 aromatic carbocycles. The van der Waals surface area contributed by atoms with E-state index in [4.69, 9.17) is 5.73 Å². The van der Waals surface area contributed by atoms with E-state index >= 15 is 0 Å². The van der Waals surface area contributed by atoms with Crippen molar-refractivity contribution in [3.63, 3.8) is 0 Å². The standard InChI is InChI=1S/C16H19N3OS/c17-12-3-5-13(6-4-12)18-16(20)11-19(14-7-8-14)10-15-2-1-9-21-15/h1-6,9,14H,7-8,10-11,17H2,(H,18,20). The molecule has 0 saturated heterocycles. The van der Waals surface area contributed by atoms with E-state index in [0.717, 1.165) is 12.2 Å². The van der Waals surface area contributed by atoms with Crippen LogP contribution in [0.25, 0.3) is 0 Å². The highest BCUT2D eigenvalue weighted by Gasteiger charge is 2.30. The molecule has 0 bridgehead atoms. The minimum Gasteiger partial charge on any atom is -0.399 e. The first-order chi connectivity index (χ1) is 10.2. The largest absolute Gasteiger partial charge is 0.399 e. The lowest BCUT2D eigenvalue weighted by Gasteiger charge is -2.20. The summed E-state index contributed by atoms with van der Waals surface area (Å²) in [6.45, 7) is 1.30. The lowest BCUT2D eigenvalue weighted by Crippen LogP contribution is -2.34. The zero-order valence-corrected chi connectivity index (χ0v) is 12.6. The highest BCUT2D eigenvalue weighted by atomic mass is 32.1. The van der Waals surface area contributed by atoms with Crippen molar-refractivity contribution in [2.75, 3.05) is 17.6 Å². The lowest BCUT2D eigenvalue weighted by molar-refractivity contribution is -0.117. The van der Waals surface area contributed by atoms with Crippen molar-refractivity contribution >= 4 is 28.6 Å². The molecule has 1 saturated carbocycles. The maximum atomic E-state index is 12.2. The van der Waals surface area contributed by atoms with Crippen LogP contribution in [0.1, 0.15) is 17.7 Å². The van der Waals surface area contributed by atoms with Crippen LogP contribution in [0, 0.1) is 0 Å². The van der Waals surface area contributed by atoms with Crippen molar-refractivity contribution in [2.24, 2.45) is 0 Å². The molecule has 4 nitrogen and oxygen atoms in total. The second-order valence-corrected chi connectivity index (χ2v) is 6.42. The second-order valence-electron chi connectivity index (χ2n) is 5.39. The van der Waals surface area contributed by atoms with Gasteiger partial charge in [-0.15, -0.1) is 11.3 Å². The first-order valence-corrected chi connectivity index (χ1v) is 8.00. The van der Waals surface area contributed by atoms with Crippen LogP contribution in [0.4, 0.5) is 11.4 Å². The van der Waals surface area contributed by atoms with E-state index in [1.54, 1.807) is 23.5 Å². The number of thiophene rings is 1. The summed E-state index contributed by atoms with van der Waals surface area (Å²) < 4.78 is 0. The third kappa shape index (κ3) is 4.06. The Bertz CT molecular complexity index is 590. The Morgan fingerprint density at radius 3 is 2.67 bits per heavy atom. The Hall–Kier alpha value is -1.85. The molecule has 0 spiro atoms. The van der Waals surface area contributed by atoms with Crippen molar-refractivity contribution in [1.82, 2.24) is 4.90 Å². The molecule has 1 aliphatic carbocycles. The molecule has 0 radical (unpaired) electrons. The van der Waals surface area contributed by atoms with Crippen LogP contribution in [0.5, 0.6) is 0 Å². The van der Waals surface area contributed by atoms with Gasteiger partial charge in [0.1, 0.15) is 0 Å². The second kappa shape index (κ2) is 6.28. The average molecular weight is 301 g/mol. The van der Waals surface area contributed by atoms with Gasteiger partial charge in [-0.3, -0.25) is 9.69 Å². The molecule has 1 aromatic heterocycles. The molecule has 5 heteroatoms. The zero-order valence-electron chi connectivity index (χ0n) is 11.8. The number of carbonyl (C=O) groups excluding carboxylic acids is 1. The lowest BCUT2D eigenvalue weighted by atomic mass is 10.3. The van der Waals surface area contributed by atoms with E-state index < -0.39 is 0 Å². The summed E-state index contributed by atoms with van der Waals surface area (Å²) >= 11 is 1.74. The SMILES string of the molecule is Nc1ccc(NC(=O)CN(Cc2cccs2)C2CC2)cc1. The third-order valence-corrected chi connectivity index (χ3v) is 4.40. The van der Waals surface area contributed by atoms with Gasteiger partial charge in [0.2, 0.25) is 5.91 Å². The predicted octanol–water partition coefficient (Wildman–Crippen LogP) is 2.93. The van der Waals surface area contributed by atoms with Gasteiger partial charge in [-0.25, -0.2) is 0 Å². The molecule has 0 atom stereocenters. The number of nitrogen functional groups attached to an aromatic ring is 1. The van der Waals surface area contributed by atoms with Gasteiger partial charge < -0.3 is 11.1 Å². The van der Waals surface area contributed by atoms with Crippen LogP contribution >= 0.6 is 11.3 Å². The number of hydrogen-bond acceptors (Lipinski definition) is 4. The Labute approximate surface area is 128 Å². The van der Waals surface area contributed by atoms with Crippen molar-refractivity contribution in [1.29, 1.82) is 0 Å². The fourth-order valence-corrected chi connectivity index (χ4v) is 3.04. The number of benzene rings is 1. The number of carbonyl (C=O) groups is 1. The van der Waals surface area contributed by atoms with Crippen LogP contribution in [-0.4, -0.2) is 23.4 Å². The Kier molecular flexibility index (Phi) is 4.22. The summed E-state index contributed by atoms with van der Waals surface area (Å²) in [7, 11) is 0. The fourth-order valence-electron chi connectivity index (χ4n) is 2.31. The molecular formula is C16H19N3OS. The molecule has 110 valence electrons. The number of rotatable bonds is 6. The van der Waals surface area contributed by atoms with Gasteiger partial charge in [-0.1, -0.05) is 6.07 Å². The molecule has 3 N–H and O–H groups in total. The number of nitrogens with zero attached hydrogens (tertiary/aromatic N) is 1. The molecule has 0 aliphatic heterocycles. The molecule has 1 aliphatic rings. The quantitative estimate of drug-likeness (QED) is 0.807. The third-order valence-electron chi connectivity index (χ3n) is 3.54. The van der Waals surface area contributed by atoms with E-state index in [1.165, 1.54) is 17.7 Å². The minimum absolute atomic E-state index is 0.0308. The van der Waals surface area contributed by atoms with Gasteiger partial charge in [0, 0.05) is 28.8 Å². The van der Waals surface area contributed by atoms with Gasteiger partial charge >= 0.3 is 0 Å². The normalized spacial score (nSPS) is 14.3. The molecule has 1 fully saturated rings. The zero-order chi connectivity index (χ0) is 14.7. The number of hydrogen-bond donors (Lipinski definition) is 2. The summed E-state index contributed by atoms with van der Waals surface area (Å²) in [5, 5.41) is 5.01. The van der Waals surface area contributed by atoms with Crippen LogP contribution in [0.15, 0.2) is 41.8 Å². The average Bonchev–Trinajstić information content (AvgIpc) is 3.19. The fraction of sp³-hybridized carbons (Fsp3) is 0.312. The van der Waals surface area contributed by atoms with Crippen molar-refractivity contribution in [2.45, 2.75) is 25.4 Å². The monoisotopic (exact) mass is 301 g/mol. The van der Waals surface area contributed by atoms with Crippen LogP contribution in [-0.2, 0) is 11.3 Å². The van der Waals surface area contributed by atoms with Gasteiger partial charge in [0.05, 0.1) is 6.54 Å². The number of anilines is 2. The Balaban J connectivity index is 1.57. The molecule has 2 aromatic rings. The minimum atomic E-state index is 0.0308. The first kappa shape index (κ1) is 14.1. The first-order valence-electron chi connectivity index (χ1n) is 7.12. The van der Waals surface area contributed by atoms with Crippen LogP contribution in [0.3, 0.4) is 0 Å². The van der Waals surface area contributed by atoms with Crippen LogP contribution in [0.2, 0.25) is 0 Å². The molecular weight excluding hydrogens is 282 g/mol. The summed E-state index contributed by atoms with van der Waals surface area (Å²) in [6, 6.07) is 12.0. The summed E-state index contributed by atoms with van der Waals surface area (Å²) in [5.41, 5.74) is 7.13. The van der Waals surface area contributed by atoms with E-state index in [2.05, 4.69) is 27.7 Å². The summed E-state index contributed by atoms with van der Waals surface area (Å²) in [5.74, 6) is 0.0308. The van der Waals surface area contributed by atoms with Gasteiger partial charge in [-0.05, 0) is 48.6 Å². The van der Waals surface area contributed by atoms with Gasteiger partial charge in [0.25, 0.3) is 0 Å². The molecule has 1 amide bonds. The maximum Gasteiger partial charge on any atom is 0.238 e. The number of amides is 1. The molecule has 3 rings (SSSR count). The smallest absolute Gasteiger partial charge is 0.238 e. The Morgan fingerprint density at radius 2 is 2.05 bits per heavy atom. The van der Waals surface area contributed by atoms with Crippen molar-refractivity contribution in [3.05, 3.63) is 46.7 Å². The van der Waals surface area contributed by atoms with Crippen LogP contribution < -0.4 is 11.1 Å². The topological polar surface area (TPSA) is 58.4 Å². The van der Waals surface area contributed by atoms with E-state index in [1.807, 2.05) is 12.1 Å². The highest BCUT2D eigenvalue weighted by molar-refractivity contribution is 7.09. The number of nitrogens with one attached hydrogen (secondary N) is 1. The predicted molar refractivity (Wildman–Crippen MR) is 87.2 cm³/mol. The van der Waals surface area contributed by atoms with E-state index in [-0.39, 0.29) is 5.91 Å². The number of nitrogens with two attached hydrogens (primary N) is 1. The van der Waals surface area contributed by atoms with Crippen molar-refractivity contribution < 1.29 is 4.79 Å². The maximum absolute atomic E-state index is 12.2. The molecule has 0 unspecified atom stereocenters. The Morgan fingerprint density at radius 1 is 1.29 bits per heavy atom. The molecule has 21 heavy (non-hydrogen) atoms. The van der Waals surface area contributed by atoms with Crippen molar-refractivity contribution in [3.8, 4) is 0 Å².